The molecule has 4 rings (SSSR count). The SMILES string of the molecule is CC1CCN(C(=O)C2(C(=O)N3CCC(Cc4ccccc4)CC3)CC2)CC1. The number of benzene rings is 1. The molecule has 2 heterocycles. The van der Waals surface area contributed by atoms with E-state index in [0.717, 1.165) is 71.1 Å². The molecule has 0 radical (unpaired) electrons. The van der Waals surface area contributed by atoms with Crippen molar-refractivity contribution in [1.82, 2.24) is 9.80 Å². The minimum Gasteiger partial charge on any atom is -0.342 e. The molecule has 1 aromatic rings. The number of likely N-dealkylation sites (tertiary alicyclic amines) is 2. The summed E-state index contributed by atoms with van der Waals surface area (Å²) >= 11 is 0. The summed E-state index contributed by atoms with van der Waals surface area (Å²) < 4.78 is 0. The van der Waals surface area contributed by atoms with Gasteiger partial charge in [-0.2, -0.15) is 0 Å². The molecule has 146 valence electrons. The Bertz CT molecular complexity index is 667. The Labute approximate surface area is 162 Å². The van der Waals surface area contributed by atoms with Crippen LogP contribution in [-0.2, 0) is 16.0 Å². The van der Waals surface area contributed by atoms with Gasteiger partial charge in [-0.1, -0.05) is 37.3 Å². The lowest BCUT2D eigenvalue weighted by molar-refractivity contribution is -0.151. The number of piperidine rings is 2. The molecular weight excluding hydrogens is 336 g/mol. The zero-order valence-electron chi connectivity index (χ0n) is 16.5. The standard InChI is InChI=1S/C23H32N2O2/c1-18-7-13-24(14-8-18)21(26)23(11-12-23)22(27)25-15-9-20(10-16-25)17-19-5-3-2-4-6-19/h2-6,18,20H,7-17H2,1H3. The van der Waals surface area contributed by atoms with Gasteiger partial charge >= 0.3 is 0 Å². The van der Waals surface area contributed by atoms with Crippen molar-refractivity contribution in [1.29, 1.82) is 0 Å². The maximum absolute atomic E-state index is 13.2. The average molecular weight is 369 g/mol. The second kappa shape index (κ2) is 7.65. The molecule has 2 amide bonds. The molecule has 0 atom stereocenters. The average Bonchev–Trinajstić information content (AvgIpc) is 3.51. The third-order valence-corrected chi connectivity index (χ3v) is 6.91. The minimum atomic E-state index is -0.702. The van der Waals surface area contributed by atoms with Crippen molar-refractivity contribution >= 4 is 11.8 Å². The van der Waals surface area contributed by atoms with E-state index in [4.69, 9.17) is 0 Å². The fraction of sp³-hybridized carbons (Fsp3) is 0.652. The molecule has 1 saturated carbocycles. The Morgan fingerprint density at radius 2 is 1.41 bits per heavy atom. The van der Waals surface area contributed by atoms with Gasteiger partial charge in [-0.15, -0.1) is 0 Å². The molecule has 2 aliphatic heterocycles. The maximum Gasteiger partial charge on any atom is 0.238 e. The molecule has 2 saturated heterocycles. The van der Waals surface area contributed by atoms with Gasteiger partial charge in [0, 0.05) is 26.2 Å². The summed E-state index contributed by atoms with van der Waals surface area (Å²) in [5.41, 5.74) is 0.683. The first-order chi connectivity index (χ1) is 13.1. The fourth-order valence-electron chi connectivity index (χ4n) is 4.75. The van der Waals surface area contributed by atoms with Crippen molar-refractivity contribution in [2.24, 2.45) is 17.3 Å². The number of carbonyl (C=O) groups excluding carboxylic acids is 2. The van der Waals surface area contributed by atoms with Crippen LogP contribution in [0, 0.1) is 17.3 Å². The topological polar surface area (TPSA) is 40.6 Å². The van der Waals surface area contributed by atoms with Crippen LogP contribution in [0.1, 0.15) is 51.0 Å². The number of hydrogen-bond donors (Lipinski definition) is 0. The molecule has 0 unspecified atom stereocenters. The predicted molar refractivity (Wildman–Crippen MR) is 106 cm³/mol. The first-order valence-electron chi connectivity index (χ1n) is 10.7. The zero-order valence-corrected chi connectivity index (χ0v) is 16.5. The summed E-state index contributed by atoms with van der Waals surface area (Å²) in [6, 6.07) is 10.6. The van der Waals surface area contributed by atoms with Crippen molar-refractivity contribution < 1.29 is 9.59 Å². The second-order valence-electron chi connectivity index (χ2n) is 8.98. The Balaban J connectivity index is 1.32. The molecule has 0 aromatic heterocycles. The van der Waals surface area contributed by atoms with Crippen molar-refractivity contribution in [2.45, 2.75) is 51.9 Å². The predicted octanol–water partition coefficient (Wildman–Crippen LogP) is 3.51. The van der Waals surface area contributed by atoms with Crippen molar-refractivity contribution in [3.05, 3.63) is 35.9 Å². The summed E-state index contributed by atoms with van der Waals surface area (Å²) in [5.74, 6) is 1.57. The minimum absolute atomic E-state index is 0.115. The Kier molecular flexibility index (Phi) is 5.25. The van der Waals surface area contributed by atoms with Crippen LogP contribution in [0.2, 0.25) is 0 Å². The third kappa shape index (κ3) is 3.90. The van der Waals surface area contributed by atoms with Gasteiger partial charge in [-0.05, 0) is 62.3 Å². The number of rotatable bonds is 4. The normalized spacial score (nSPS) is 23.3. The highest BCUT2D eigenvalue weighted by Gasteiger charge is 2.59. The van der Waals surface area contributed by atoms with Crippen molar-refractivity contribution in [3.8, 4) is 0 Å². The molecule has 0 bridgehead atoms. The van der Waals surface area contributed by atoms with E-state index in [1.807, 2.05) is 9.80 Å². The van der Waals surface area contributed by atoms with Gasteiger partial charge in [-0.25, -0.2) is 0 Å². The number of amides is 2. The summed E-state index contributed by atoms with van der Waals surface area (Å²) in [4.78, 5) is 30.2. The number of carbonyl (C=O) groups is 2. The molecule has 3 fully saturated rings. The Morgan fingerprint density at radius 1 is 0.889 bits per heavy atom. The molecule has 0 N–H and O–H groups in total. The lowest BCUT2D eigenvalue weighted by atomic mass is 9.89. The van der Waals surface area contributed by atoms with Crippen LogP contribution in [0.5, 0.6) is 0 Å². The van der Waals surface area contributed by atoms with E-state index in [2.05, 4.69) is 37.3 Å². The largest absolute Gasteiger partial charge is 0.342 e. The smallest absolute Gasteiger partial charge is 0.238 e. The van der Waals surface area contributed by atoms with Crippen molar-refractivity contribution in [3.63, 3.8) is 0 Å². The highest BCUT2D eigenvalue weighted by atomic mass is 16.2. The van der Waals surface area contributed by atoms with Crippen LogP contribution in [-0.4, -0.2) is 47.8 Å². The first kappa shape index (κ1) is 18.5. The molecule has 3 aliphatic rings. The Morgan fingerprint density at radius 3 is 1.93 bits per heavy atom. The number of hydrogen-bond acceptors (Lipinski definition) is 2. The van der Waals surface area contributed by atoms with E-state index < -0.39 is 5.41 Å². The van der Waals surface area contributed by atoms with Gasteiger partial charge in [0.15, 0.2) is 0 Å². The highest BCUT2D eigenvalue weighted by Crippen LogP contribution is 2.49. The van der Waals surface area contributed by atoms with E-state index in [1.54, 1.807) is 0 Å². The van der Waals surface area contributed by atoms with Crippen LogP contribution in [0.15, 0.2) is 30.3 Å². The van der Waals surface area contributed by atoms with E-state index in [-0.39, 0.29) is 11.8 Å². The molecule has 1 aromatic carbocycles. The van der Waals surface area contributed by atoms with E-state index in [9.17, 15) is 9.59 Å². The van der Waals surface area contributed by atoms with Crippen molar-refractivity contribution in [2.75, 3.05) is 26.2 Å². The number of nitrogens with zero attached hydrogens (tertiary/aromatic N) is 2. The van der Waals surface area contributed by atoms with Crippen LogP contribution >= 0.6 is 0 Å². The summed E-state index contributed by atoms with van der Waals surface area (Å²) in [7, 11) is 0. The van der Waals surface area contributed by atoms with Gasteiger partial charge in [0.05, 0.1) is 0 Å². The van der Waals surface area contributed by atoms with Gasteiger partial charge < -0.3 is 9.80 Å². The molecule has 4 heteroatoms. The fourth-order valence-corrected chi connectivity index (χ4v) is 4.75. The van der Waals surface area contributed by atoms with E-state index in [1.165, 1.54) is 5.56 Å². The summed E-state index contributed by atoms with van der Waals surface area (Å²) in [6.07, 6.45) is 6.83. The van der Waals surface area contributed by atoms with Gasteiger partial charge in [-0.3, -0.25) is 9.59 Å². The lowest BCUT2D eigenvalue weighted by Gasteiger charge is -2.37. The van der Waals surface area contributed by atoms with E-state index >= 15 is 0 Å². The maximum atomic E-state index is 13.2. The molecule has 1 aliphatic carbocycles. The van der Waals surface area contributed by atoms with E-state index in [0.29, 0.717) is 11.8 Å². The monoisotopic (exact) mass is 368 g/mol. The van der Waals surface area contributed by atoms with Crippen LogP contribution in [0.4, 0.5) is 0 Å². The van der Waals surface area contributed by atoms with Gasteiger partial charge in [0.1, 0.15) is 5.41 Å². The summed E-state index contributed by atoms with van der Waals surface area (Å²) in [6.45, 7) is 5.52. The first-order valence-corrected chi connectivity index (χ1v) is 10.7. The summed E-state index contributed by atoms with van der Waals surface area (Å²) in [5, 5.41) is 0. The quantitative estimate of drug-likeness (QED) is 0.763. The van der Waals surface area contributed by atoms with Crippen LogP contribution in [0.25, 0.3) is 0 Å². The molecule has 4 nitrogen and oxygen atoms in total. The lowest BCUT2D eigenvalue weighted by Crippen LogP contribution is -2.50. The van der Waals surface area contributed by atoms with Gasteiger partial charge in [0.25, 0.3) is 0 Å². The molecule has 0 spiro atoms. The Hall–Kier alpha value is -1.84. The molecular formula is C23H32N2O2. The highest BCUT2D eigenvalue weighted by molar-refractivity contribution is 6.07. The second-order valence-corrected chi connectivity index (χ2v) is 8.98. The van der Waals surface area contributed by atoms with Crippen LogP contribution in [0.3, 0.4) is 0 Å². The molecule has 27 heavy (non-hydrogen) atoms. The van der Waals surface area contributed by atoms with Crippen LogP contribution < -0.4 is 0 Å². The zero-order chi connectivity index (χ0) is 18.9. The van der Waals surface area contributed by atoms with Gasteiger partial charge in [0.2, 0.25) is 11.8 Å². The third-order valence-electron chi connectivity index (χ3n) is 6.91.